The third kappa shape index (κ3) is 2.94. The van der Waals surface area contributed by atoms with Crippen LogP contribution in [0, 0.1) is 6.92 Å². The molecule has 17 heavy (non-hydrogen) atoms. The molecule has 0 saturated heterocycles. The number of furan rings is 1. The van der Waals surface area contributed by atoms with Gasteiger partial charge in [-0.3, -0.25) is 4.98 Å². The lowest BCUT2D eigenvalue weighted by Gasteiger charge is -2.15. The molecule has 0 bridgehead atoms. The van der Waals surface area contributed by atoms with E-state index in [2.05, 4.69) is 30.2 Å². The molecule has 1 N–H and O–H groups in total. The molecule has 3 nitrogen and oxygen atoms in total. The predicted molar refractivity (Wildman–Crippen MR) is 67.6 cm³/mol. The molecule has 0 aliphatic carbocycles. The van der Waals surface area contributed by atoms with Crippen molar-refractivity contribution in [3.63, 3.8) is 0 Å². The first-order valence-corrected chi connectivity index (χ1v) is 5.97. The van der Waals surface area contributed by atoms with Crippen molar-refractivity contribution in [2.24, 2.45) is 0 Å². The highest BCUT2D eigenvalue weighted by Crippen LogP contribution is 2.17. The van der Waals surface area contributed by atoms with E-state index in [1.165, 1.54) is 11.1 Å². The third-order valence-electron chi connectivity index (χ3n) is 2.97. The van der Waals surface area contributed by atoms with Crippen LogP contribution in [-0.4, -0.2) is 4.98 Å². The second kappa shape index (κ2) is 5.64. The molecule has 0 fully saturated rings. The number of pyridine rings is 1. The fourth-order valence-corrected chi connectivity index (χ4v) is 1.87. The highest BCUT2D eigenvalue weighted by molar-refractivity contribution is 5.21. The Morgan fingerprint density at radius 3 is 2.94 bits per heavy atom. The summed E-state index contributed by atoms with van der Waals surface area (Å²) < 4.78 is 5.43. The fraction of sp³-hybridized carbons (Fsp3) is 0.357. The second-order valence-electron chi connectivity index (χ2n) is 4.16. The number of aromatic nitrogens is 1. The van der Waals surface area contributed by atoms with Gasteiger partial charge in [0.2, 0.25) is 0 Å². The van der Waals surface area contributed by atoms with Crippen LogP contribution in [0.25, 0.3) is 0 Å². The molecule has 0 amide bonds. The maximum Gasteiger partial charge on any atom is 0.120 e. The third-order valence-corrected chi connectivity index (χ3v) is 2.97. The molecule has 0 aliphatic heterocycles. The summed E-state index contributed by atoms with van der Waals surface area (Å²) in [6.45, 7) is 5.07. The Morgan fingerprint density at radius 2 is 2.29 bits per heavy atom. The second-order valence-corrected chi connectivity index (χ2v) is 4.16. The summed E-state index contributed by atoms with van der Waals surface area (Å²) >= 11 is 0. The van der Waals surface area contributed by atoms with E-state index < -0.39 is 0 Å². The van der Waals surface area contributed by atoms with Gasteiger partial charge in [-0.1, -0.05) is 6.92 Å². The lowest BCUT2D eigenvalue weighted by Crippen LogP contribution is -2.20. The Labute approximate surface area is 102 Å². The van der Waals surface area contributed by atoms with Crippen LogP contribution in [0.3, 0.4) is 0 Å². The average molecular weight is 230 g/mol. The number of rotatable bonds is 5. The van der Waals surface area contributed by atoms with Crippen molar-refractivity contribution in [2.45, 2.75) is 32.9 Å². The van der Waals surface area contributed by atoms with Crippen molar-refractivity contribution in [2.75, 3.05) is 0 Å². The fourth-order valence-electron chi connectivity index (χ4n) is 1.87. The highest BCUT2D eigenvalue weighted by atomic mass is 16.3. The van der Waals surface area contributed by atoms with Crippen molar-refractivity contribution in [3.8, 4) is 0 Å². The van der Waals surface area contributed by atoms with Crippen LogP contribution in [-0.2, 0) is 6.54 Å². The van der Waals surface area contributed by atoms with Crippen LogP contribution in [0.1, 0.15) is 36.3 Å². The first kappa shape index (κ1) is 11.9. The molecular formula is C14H18N2O. The zero-order valence-electron chi connectivity index (χ0n) is 10.3. The standard InChI is InChI=1S/C14H18N2O/c1-3-13(14-5-4-8-17-14)16-10-12-6-7-15-9-11(12)2/h4-9,13,16H,3,10H2,1-2H3. The Bertz CT molecular complexity index is 451. The van der Waals surface area contributed by atoms with Gasteiger partial charge in [-0.25, -0.2) is 0 Å². The molecule has 2 aromatic heterocycles. The van der Waals surface area contributed by atoms with Crippen molar-refractivity contribution in [3.05, 3.63) is 53.7 Å². The number of aryl methyl sites for hydroxylation is 1. The van der Waals surface area contributed by atoms with Gasteiger partial charge in [0.1, 0.15) is 5.76 Å². The van der Waals surface area contributed by atoms with E-state index in [0.29, 0.717) is 0 Å². The van der Waals surface area contributed by atoms with E-state index >= 15 is 0 Å². The number of nitrogens with zero attached hydrogens (tertiary/aromatic N) is 1. The van der Waals surface area contributed by atoms with Gasteiger partial charge in [0.05, 0.1) is 12.3 Å². The average Bonchev–Trinajstić information content (AvgIpc) is 2.86. The minimum atomic E-state index is 0.276. The zero-order valence-corrected chi connectivity index (χ0v) is 10.3. The molecule has 0 aromatic carbocycles. The Balaban J connectivity index is 2.00. The Morgan fingerprint density at radius 1 is 1.41 bits per heavy atom. The molecule has 2 rings (SSSR count). The van der Waals surface area contributed by atoms with Crippen LogP contribution < -0.4 is 5.32 Å². The van der Waals surface area contributed by atoms with Crippen LogP contribution in [0.5, 0.6) is 0 Å². The van der Waals surface area contributed by atoms with E-state index in [1.54, 1.807) is 6.26 Å². The van der Waals surface area contributed by atoms with Gasteiger partial charge in [-0.15, -0.1) is 0 Å². The van der Waals surface area contributed by atoms with Gasteiger partial charge in [-0.2, -0.15) is 0 Å². The number of hydrogen-bond acceptors (Lipinski definition) is 3. The lowest BCUT2D eigenvalue weighted by atomic mass is 10.1. The van der Waals surface area contributed by atoms with Gasteiger partial charge in [0, 0.05) is 18.9 Å². The number of nitrogens with one attached hydrogen (secondary N) is 1. The summed E-state index contributed by atoms with van der Waals surface area (Å²) in [5.74, 6) is 0.999. The molecule has 1 atom stereocenters. The predicted octanol–water partition coefficient (Wildman–Crippen LogP) is 3.22. The molecule has 0 aliphatic rings. The van der Waals surface area contributed by atoms with Crippen LogP contribution in [0.2, 0.25) is 0 Å². The molecule has 0 saturated carbocycles. The molecule has 1 unspecified atom stereocenters. The molecule has 2 aromatic rings. The minimum absolute atomic E-state index is 0.276. The Hall–Kier alpha value is -1.61. The van der Waals surface area contributed by atoms with Gasteiger partial charge >= 0.3 is 0 Å². The quantitative estimate of drug-likeness (QED) is 0.857. The van der Waals surface area contributed by atoms with Crippen LogP contribution >= 0.6 is 0 Å². The summed E-state index contributed by atoms with van der Waals surface area (Å²) in [5.41, 5.74) is 2.50. The normalized spacial score (nSPS) is 12.6. The first-order valence-electron chi connectivity index (χ1n) is 5.97. The van der Waals surface area contributed by atoms with Crippen molar-refractivity contribution >= 4 is 0 Å². The van der Waals surface area contributed by atoms with E-state index in [9.17, 15) is 0 Å². The maximum atomic E-state index is 5.43. The smallest absolute Gasteiger partial charge is 0.120 e. The lowest BCUT2D eigenvalue weighted by molar-refractivity contribution is 0.403. The van der Waals surface area contributed by atoms with Gasteiger partial charge in [0.25, 0.3) is 0 Å². The largest absolute Gasteiger partial charge is 0.468 e. The monoisotopic (exact) mass is 230 g/mol. The molecule has 3 heteroatoms. The minimum Gasteiger partial charge on any atom is -0.468 e. The summed E-state index contributed by atoms with van der Waals surface area (Å²) in [5, 5.41) is 3.51. The van der Waals surface area contributed by atoms with Crippen LogP contribution in [0.4, 0.5) is 0 Å². The molecule has 2 heterocycles. The van der Waals surface area contributed by atoms with E-state index in [0.717, 1.165) is 18.7 Å². The SMILES string of the molecule is CCC(NCc1ccncc1C)c1ccco1. The molecule has 90 valence electrons. The van der Waals surface area contributed by atoms with Crippen molar-refractivity contribution in [1.29, 1.82) is 0 Å². The highest BCUT2D eigenvalue weighted by Gasteiger charge is 2.11. The first-order chi connectivity index (χ1) is 8.31. The van der Waals surface area contributed by atoms with E-state index in [4.69, 9.17) is 4.42 Å². The van der Waals surface area contributed by atoms with Crippen molar-refractivity contribution in [1.82, 2.24) is 10.3 Å². The number of hydrogen-bond donors (Lipinski definition) is 1. The van der Waals surface area contributed by atoms with Gasteiger partial charge in [0.15, 0.2) is 0 Å². The van der Waals surface area contributed by atoms with Crippen LogP contribution in [0.15, 0.2) is 41.3 Å². The molecular weight excluding hydrogens is 212 g/mol. The van der Waals surface area contributed by atoms with E-state index in [-0.39, 0.29) is 6.04 Å². The molecule has 0 spiro atoms. The summed E-state index contributed by atoms with van der Waals surface area (Å²) in [6, 6.07) is 6.27. The van der Waals surface area contributed by atoms with Gasteiger partial charge < -0.3 is 9.73 Å². The Kier molecular flexibility index (Phi) is 3.94. The zero-order chi connectivity index (χ0) is 12.1. The summed E-state index contributed by atoms with van der Waals surface area (Å²) in [6.07, 6.45) is 6.46. The van der Waals surface area contributed by atoms with Gasteiger partial charge in [-0.05, 0) is 42.7 Å². The summed E-state index contributed by atoms with van der Waals surface area (Å²) in [7, 11) is 0. The van der Waals surface area contributed by atoms with E-state index in [1.807, 2.05) is 24.5 Å². The van der Waals surface area contributed by atoms with Crippen molar-refractivity contribution < 1.29 is 4.42 Å². The maximum absolute atomic E-state index is 5.43. The summed E-state index contributed by atoms with van der Waals surface area (Å²) in [4.78, 5) is 4.10. The topological polar surface area (TPSA) is 38.1 Å². The molecule has 0 radical (unpaired) electrons.